The molecule has 0 amide bonds. The van der Waals surface area contributed by atoms with E-state index in [1.165, 1.54) is 0 Å². The van der Waals surface area contributed by atoms with Crippen LogP contribution in [0.5, 0.6) is 0 Å². The molecule has 0 aromatic carbocycles. The molecule has 48 valence electrons. The lowest BCUT2D eigenvalue weighted by Crippen LogP contribution is -2.21. The van der Waals surface area contributed by atoms with Crippen molar-refractivity contribution in [3.05, 3.63) is 0 Å². The molecule has 0 aliphatic heterocycles. The van der Waals surface area contributed by atoms with Gasteiger partial charge in [-0.05, 0) is 6.92 Å². The van der Waals surface area contributed by atoms with E-state index in [1.807, 2.05) is 6.92 Å². The van der Waals surface area contributed by atoms with Crippen molar-refractivity contribution in [3.63, 3.8) is 0 Å². The van der Waals surface area contributed by atoms with Crippen LogP contribution < -0.4 is 5.32 Å². The van der Waals surface area contributed by atoms with Gasteiger partial charge in [0.05, 0.1) is 6.61 Å². The van der Waals surface area contributed by atoms with Crippen LogP contribution in [0, 0.1) is 0 Å². The van der Waals surface area contributed by atoms with Crippen LogP contribution in [-0.2, 0) is 4.74 Å². The molecule has 3 heteroatoms. The molecule has 0 rings (SSSR count). The van der Waals surface area contributed by atoms with E-state index in [4.69, 9.17) is 4.74 Å². The van der Waals surface area contributed by atoms with E-state index in [1.54, 1.807) is 14.1 Å². The number of aliphatic imine (C=N–C) groups is 1. The first-order valence-corrected chi connectivity index (χ1v) is 2.62. The normalized spacial score (nSPS) is 11.1. The molecule has 0 saturated carbocycles. The summed E-state index contributed by atoms with van der Waals surface area (Å²) in [4.78, 5) is 3.78. The fraction of sp³-hybridized carbons (Fsp3) is 0.800. The summed E-state index contributed by atoms with van der Waals surface area (Å²) in [6.07, 6.45) is 0. The monoisotopic (exact) mass is 116 g/mol. The number of hydrogen-bond acceptors (Lipinski definition) is 2. The topological polar surface area (TPSA) is 33.6 Å². The first-order chi connectivity index (χ1) is 3.85. The Morgan fingerprint density at radius 3 is 2.50 bits per heavy atom. The molecule has 0 atom stereocenters. The molecule has 0 heterocycles. The van der Waals surface area contributed by atoms with Gasteiger partial charge in [0.1, 0.15) is 0 Å². The lowest BCUT2D eigenvalue weighted by Gasteiger charge is -2.02. The van der Waals surface area contributed by atoms with Gasteiger partial charge in [0.15, 0.2) is 0 Å². The lowest BCUT2D eigenvalue weighted by atomic mass is 10.8. The third kappa shape index (κ3) is 2.44. The zero-order valence-electron chi connectivity index (χ0n) is 5.56. The number of rotatable bonds is 1. The SMILES string of the molecule is CCOC(=NC)NC. The Kier molecular flexibility index (Phi) is 4.03. The van der Waals surface area contributed by atoms with Crippen molar-refractivity contribution in [2.45, 2.75) is 6.92 Å². The Hall–Kier alpha value is -0.730. The van der Waals surface area contributed by atoms with Crippen LogP contribution in [0.3, 0.4) is 0 Å². The Morgan fingerprint density at radius 2 is 2.38 bits per heavy atom. The van der Waals surface area contributed by atoms with Gasteiger partial charge in [-0.15, -0.1) is 0 Å². The van der Waals surface area contributed by atoms with Gasteiger partial charge in [-0.25, -0.2) is 4.99 Å². The second kappa shape index (κ2) is 4.43. The van der Waals surface area contributed by atoms with Crippen LogP contribution in [0.15, 0.2) is 4.99 Å². The number of nitrogens with zero attached hydrogens (tertiary/aromatic N) is 1. The average molecular weight is 116 g/mol. The molecular weight excluding hydrogens is 104 g/mol. The number of hydrogen-bond donors (Lipinski definition) is 1. The minimum atomic E-state index is 0.590. The van der Waals surface area contributed by atoms with E-state index in [0.717, 1.165) is 0 Å². The summed E-state index contributed by atoms with van der Waals surface area (Å²) in [5.74, 6) is 0. The second-order valence-electron chi connectivity index (χ2n) is 1.21. The summed E-state index contributed by atoms with van der Waals surface area (Å²) in [6, 6.07) is 0.590. The predicted octanol–water partition coefficient (Wildman–Crippen LogP) is 0.228. The highest BCUT2D eigenvalue weighted by atomic mass is 16.5. The summed E-state index contributed by atoms with van der Waals surface area (Å²) in [5, 5.41) is 2.78. The van der Waals surface area contributed by atoms with E-state index in [0.29, 0.717) is 12.6 Å². The number of amidine groups is 1. The molecule has 1 N–H and O–H groups in total. The van der Waals surface area contributed by atoms with Gasteiger partial charge in [-0.1, -0.05) is 0 Å². The van der Waals surface area contributed by atoms with Gasteiger partial charge < -0.3 is 10.1 Å². The molecule has 0 unspecified atom stereocenters. The standard InChI is InChI=1S/C5H12N2O/c1-4-8-5(6-2)7-3/h4H2,1-3H3,(H,6,7). The summed E-state index contributed by atoms with van der Waals surface area (Å²) in [7, 11) is 3.46. The van der Waals surface area contributed by atoms with Crippen molar-refractivity contribution in [1.29, 1.82) is 0 Å². The molecule has 0 bridgehead atoms. The maximum absolute atomic E-state index is 4.98. The minimum absolute atomic E-state index is 0.590. The Bertz CT molecular complexity index is 80.5. The zero-order valence-corrected chi connectivity index (χ0v) is 5.56. The molecule has 0 aromatic rings. The van der Waals surface area contributed by atoms with E-state index >= 15 is 0 Å². The van der Waals surface area contributed by atoms with Crippen molar-refractivity contribution in [2.24, 2.45) is 4.99 Å². The zero-order chi connectivity index (χ0) is 6.41. The molecule has 8 heavy (non-hydrogen) atoms. The largest absolute Gasteiger partial charge is 0.466 e. The van der Waals surface area contributed by atoms with E-state index in [9.17, 15) is 0 Å². The molecule has 0 spiro atoms. The van der Waals surface area contributed by atoms with Gasteiger partial charge in [-0.3, -0.25) is 0 Å². The maximum Gasteiger partial charge on any atom is 0.284 e. The molecule has 0 aliphatic carbocycles. The number of ether oxygens (including phenoxy) is 1. The summed E-state index contributed by atoms with van der Waals surface area (Å²) >= 11 is 0. The first kappa shape index (κ1) is 7.27. The van der Waals surface area contributed by atoms with Crippen molar-refractivity contribution in [3.8, 4) is 0 Å². The highest BCUT2D eigenvalue weighted by Gasteiger charge is 1.87. The summed E-state index contributed by atoms with van der Waals surface area (Å²) in [6.45, 7) is 2.58. The fourth-order valence-electron chi connectivity index (χ4n) is 0.385. The number of nitrogens with one attached hydrogen (secondary N) is 1. The molecule has 0 aliphatic rings. The molecule has 0 saturated heterocycles. The van der Waals surface area contributed by atoms with E-state index in [2.05, 4.69) is 10.3 Å². The van der Waals surface area contributed by atoms with Crippen LogP contribution in [0.2, 0.25) is 0 Å². The van der Waals surface area contributed by atoms with Crippen molar-refractivity contribution >= 4 is 6.02 Å². The van der Waals surface area contributed by atoms with E-state index < -0.39 is 0 Å². The van der Waals surface area contributed by atoms with Gasteiger partial charge >= 0.3 is 0 Å². The third-order valence-electron chi connectivity index (χ3n) is 0.698. The van der Waals surface area contributed by atoms with Crippen molar-refractivity contribution < 1.29 is 4.74 Å². The second-order valence-corrected chi connectivity index (χ2v) is 1.21. The van der Waals surface area contributed by atoms with Crippen LogP contribution in [0.1, 0.15) is 6.92 Å². The van der Waals surface area contributed by atoms with Gasteiger partial charge in [0.2, 0.25) is 0 Å². The summed E-state index contributed by atoms with van der Waals surface area (Å²) < 4.78 is 4.98. The van der Waals surface area contributed by atoms with Crippen LogP contribution in [-0.4, -0.2) is 26.7 Å². The minimum Gasteiger partial charge on any atom is -0.466 e. The van der Waals surface area contributed by atoms with Crippen molar-refractivity contribution in [1.82, 2.24) is 5.32 Å². The van der Waals surface area contributed by atoms with Gasteiger partial charge in [0, 0.05) is 14.1 Å². The Morgan fingerprint density at radius 1 is 1.75 bits per heavy atom. The lowest BCUT2D eigenvalue weighted by molar-refractivity contribution is 0.313. The molecule has 3 nitrogen and oxygen atoms in total. The molecule has 0 radical (unpaired) electrons. The quantitative estimate of drug-likeness (QED) is 0.393. The molecule has 0 aromatic heterocycles. The Labute approximate surface area is 49.8 Å². The fourth-order valence-corrected chi connectivity index (χ4v) is 0.385. The van der Waals surface area contributed by atoms with Crippen LogP contribution >= 0.6 is 0 Å². The third-order valence-corrected chi connectivity index (χ3v) is 0.698. The Balaban J connectivity index is 3.38. The van der Waals surface area contributed by atoms with Gasteiger partial charge in [0.25, 0.3) is 6.02 Å². The highest BCUT2D eigenvalue weighted by molar-refractivity contribution is 5.72. The summed E-state index contributed by atoms with van der Waals surface area (Å²) in [5.41, 5.74) is 0. The average Bonchev–Trinajstić information content (AvgIpc) is 1.83. The molecule has 0 fully saturated rings. The van der Waals surface area contributed by atoms with Crippen LogP contribution in [0.4, 0.5) is 0 Å². The smallest absolute Gasteiger partial charge is 0.284 e. The van der Waals surface area contributed by atoms with E-state index in [-0.39, 0.29) is 0 Å². The molecular formula is C5H12N2O. The predicted molar refractivity (Wildman–Crippen MR) is 34.0 cm³/mol. The maximum atomic E-state index is 4.98. The van der Waals surface area contributed by atoms with Gasteiger partial charge in [-0.2, -0.15) is 0 Å². The highest BCUT2D eigenvalue weighted by Crippen LogP contribution is 1.73. The van der Waals surface area contributed by atoms with Crippen LogP contribution in [0.25, 0.3) is 0 Å². The van der Waals surface area contributed by atoms with Crippen molar-refractivity contribution in [2.75, 3.05) is 20.7 Å². The first-order valence-electron chi connectivity index (χ1n) is 2.62.